The van der Waals surface area contributed by atoms with Crippen LogP contribution in [0.2, 0.25) is 10.0 Å². The largest absolute Gasteiger partial charge is 0.394 e. The van der Waals surface area contributed by atoms with E-state index in [0.29, 0.717) is 0 Å². The highest BCUT2D eigenvalue weighted by molar-refractivity contribution is 6.31. The second-order valence-corrected chi connectivity index (χ2v) is 9.76. The highest BCUT2D eigenvalue weighted by Gasteiger charge is 2.64. The molecule has 1 heterocycles. The first-order valence-corrected chi connectivity index (χ1v) is 12.5. The molecule has 7 nitrogen and oxygen atoms in total. The Labute approximate surface area is 223 Å². The van der Waals surface area contributed by atoms with Crippen molar-refractivity contribution in [1.29, 1.82) is 5.26 Å². The van der Waals surface area contributed by atoms with Gasteiger partial charge in [0.1, 0.15) is 23.1 Å². The molecular weight excluding hydrogens is 527 g/mol. The number of carbonyl (C=O) groups is 2. The Balaban J connectivity index is 2.30. The number of benzene rings is 2. The van der Waals surface area contributed by atoms with Crippen LogP contribution in [0.15, 0.2) is 36.4 Å². The van der Waals surface area contributed by atoms with E-state index >= 15 is 8.78 Å². The van der Waals surface area contributed by atoms with Gasteiger partial charge in [-0.3, -0.25) is 9.59 Å². The fourth-order valence-corrected chi connectivity index (χ4v) is 5.48. The molecule has 2 amide bonds. The van der Waals surface area contributed by atoms with Crippen LogP contribution in [0.1, 0.15) is 43.7 Å². The Morgan fingerprint density at radius 1 is 1.27 bits per heavy atom. The minimum absolute atomic E-state index is 0.0115. The molecule has 198 valence electrons. The topological polar surface area (TPSA) is 114 Å². The van der Waals surface area contributed by atoms with Gasteiger partial charge in [0.25, 0.3) is 0 Å². The van der Waals surface area contributed by atoms with E-state index < -0.39 is 59.6 Å². The van der Waals surface area contributed by atoms with Gasteiger partial charge in [-0.25, -0.2) is 8.78 Å². The lowest BCUT2D eigenvalue weighted by Crippen LogP contribution is -2.50. The van der Waals surface area contributed by atoms with Crippen LogP contribution in [0.5, 0.6) is 0 Å². The van der Waals surface area contributed by atoms with Gasteiger partial charge >= 0.3 is 0 Å². The Morgan fingerprint density at radius 2 is 1.97 bits per heavy atom. The summed E-state index contributed by atoms with van der Waals surface area (Å²) in [6.45, 7) is 2.51. The quantitative estimate of drug-likeness (QED) is 0.461. The van der Waals surface area contributed by atoms with Crippen LogP contribution in [0, 0.1) is 23.0 Å². The van der Waals surface area contributed by atoms with Crippen molar-refractivity contribution in [2.45, 2.75) is 56.2 Å². The number of hydrogen-bond acceptors (Lipinski definition) is 5. The van der Waals surface area contributed by atoms with Crippen molar-refractivity contribution in [2.75, 3.05) is 13.2 Å². The molecule has 1 aliphatic rings. The highest BCUT2D eigenvalue weighted by atomic mass is 35.5. The van der Waals surface area contributed by atoms with E-state index in [9.17, 15) is 20.0 Å². The number of aliphatic hydroxyl groups excluding tert-OH is 2. The van der Waals surface area contributed by atoms with E-state index in [2.05, 4.69) is 11.4 Å². The molecule has 1 aliphatic heterocycles. The molecule has 0 spiro atoms. The summed E-state index contributed by atoms with van der Waals surface area (Å²) >= 11 is 12.0. The third-order valence-corrected chi connectivity index (χ3v) is 7.43. The first-order valence-electron chi connectivity index (χ1n) is 11.7. The molecule has 3 N–H and O–H groups in total. The Kier molecular flexibility index (Phi) is 9.13. The van der Waals surface area contributed by atoms with Crippen LogP contribution in [-0.2, 0) is 15.0 Å². The minimum atomic E-state index is -1.91. The number of carbonyl (C=O) groups excluding carboxylic acids is 2. The van der Waals surface area contributed by atoms with Crippen molar-refractivity contribution in [3.05, 3.63) is 69.2 Å². The van der Waals surface area contributed by atoms with Crippen LogP contribution in [0.25, 0.3) is 0 Å². The molecule has 5 atom stereocenters. The van der Waals surface area contributed by atoms with E-state index in [4.69, 9.17) is 28.3 Å². The number of likely N-dealkylation sites (tertiary alicyclic amines) is 1. The summed E-state index contributed by atoms with van der Waals surface area (Å²) < 4.78 is 31.0. The molecule has 11 heteroatoms. The maximum atomic E-state index is 15.5. The van der Waals surface area contributed by atoms with E-state index in [1.807, 2.05) is 0 Å². The number of nitrogens with one attached hydrogen (secondary N) is 1. The molecule has 1 fully saturated rings. The van der Waals surface area contributed by atoms with Crippen molar-refractivity contribution in [1.82, 2.24) is 10.2 Å². The van der Waals surface area contributed by atoms with Crippen molar-refractivity contribution in [2.24, 2.45) is 0 Å². The summed E-state index contributed by atoms with van der Waals surface area (Å²) in [4.78, 5) is 28.0. The lowest BCUT2D eigenvalue weighted by Gasteiger charge is -2.34. The molecule has 0 saturated carbocycles. The summed E-state index contributed by atoms with van der Waals surface area (Å²) in [6, 6.07) is 7.46. The second-order valence-electron chi connectivity index (χ2n) is 8.92. The summed E-state index contributed by atoms with van der Waals surface area (Å²) in [7, 11) is 0. The number of hydrogen-bond donors (Lipinski definition) is 3. The molecule has 0 aromatic heterocycles. The molecule has 3 rings (SSSR count). The standard InChI is InChI=1S/C26H27Cl2F2N3O4/c1-3-21(36)33-14(2)26(13-31,18-8-7-15(27)11-20(18)29)22(17-5-4-6-19(28)23(17)30)24(33)25(37)32-10-9-16(35)12-34/h4-8,11,14,16,22,24,34-35H,3,9-10,12H2,1-2H3,(H,32,37). The average molecular weight is 554 g/mol. The van der Waals surface area contributed by atoms with Crippen LogP contribution in [-0.4, -0.2) is 58.3 Å². The fraction of sp³-hybridized carbons (Fsp3) is 0.423. The third-order valence-electron chi connectivity index (χ3n) is 6.91. The molecule has 2 aromatic carbocycles. The summed E-state index contributed by atoms with van der Waals surface area (Å²) in [5.41, 5.74) is -2.18. The van der Waals surface area contributed by atoms with Gasteiger partial charge in [-0.1, -0.05) is 48.3 Å². The smallest absolute Gasteiger partial charge is 0.243 e. The number of halogens is 4. The van der Waals surface area contributed by atoms with Crippen LogP contribution >= 0.6 is 23.2 Å². The lowest BCUT2D eigenvalue weighted by atomic mass is 9.65. The van der Waals surface area contributed by atoms with Crippen molar-refractivity contribution in [3.63, 3.8) is 0 Å². The molecule has 37 heavy (non-hydrogen) atoms. The highest BCUT2D eigenvalue weighted by Crippen LogP contribution is 2.54. The Morgan fingerprint density at radius 3 is 2.57 bits per heavy atom. The van der Waals surface area contributed by atoms with Crippen molar-refractivity contribution < 1.29 is 28.6 Å². The number of rotatable bonds is 8. The Bertz CT molecular complexity index is 1220. The first-order chi connectivity index (χ1) is 17.5. The van der Waals surface area contributed by atoms with Gasteiger partial charge in [-0.05, 0) is 37.1 Å². The molecule has 1 saturated heterocycles. The normalized spacial score (nSPS) is 24.0. The van der Waals surface area contributed by atoms with Gasteiger partial charge in [-0.2, -0.15) is 5.26 Å². The predicted molar refractivity (Wildman–Crippen MR) is 134 cm³/mol. The maximum Gasteiger partial charge on any atom is 0.243 e. The van der Waals surface area contributed by atoms with Gasteiger partial charge in [0.2, 0.25) is 11.8 Å². The van der Waals surface area contributed by atoms with Gasteiger partial charge in [0, 0.05) is 29.5 Å². The summed E-state index contributed by atoms with van der Waals surface area (Å²) in [6.07, 6.45) is -1.11. The zero-order valence-electron chi connectivity index (χ0n) is 20.2. The Hall–Kier alpha value is -2.77. The van der Waals surface area contributed by atoms with Crippen LogP contribution < -0.4 is 5.32 Å². The zero-order valence-corrected chi connectivity index (χ0v) is 21.7. The average Bonchev–Trinajstić information content (AvgIpc) is 3.13. The molecule has 0 aliphatic carbocycles. The molecule has 0 bridgehead atoms. The molecule has 2 aromatic rings. The van der Waals surface area contributed by atoms with Gasteiger partial charge in [0.15, 0.2) is 0 Å². The monoisotopic (exact) mass is 553 g/mol. The van der Waals surface area contributed by atoms with E-state index in [0.717, 1.165) is 6.07 Å². The van der Waals surface area contributed by atoms with Crippen LogP contribution in [0.4, 0.5) is 8.78 Å². The van der Waals surface area contributed by atoms with Gasteiger partial charge in [-0.15, -0.1) is 0 Å². The number of nitriles is 1. The maximum absolute atomic E-state index is 15.5. The van der Waals surface area contributed by atoms with Gasteiger partial charge < -0.3 is 20.4 Å². The molecule has 0 radical (unpaired) electrons. The minimum Gasteiger partial charge on any atom is -0.394 e. The van der Waals surface area contributed by atoms with E-state index in [1.54, 1.807) is 6.92 Å². The number of amides is 2. The lowest BCUT2D eigenvalue weighted by molar-refractivity contribution is -0.140. The zero-order chi connectivity index (χ0) is 27.5. The summed E-state index contributed by atoms with van der Waals surface area (Å²) in [5.74, 6) is -4.32. The SMILES string of the molecule is CCC(=O)N1C(C(=O)NCCC(O)CO)C(c2cccc(Cl)c2F)C(C#N)(c2ccc(Cl)cc2F)C1C. The van der Waals surface area contributed by atoms with E-state index in [1.165, 1.54) is 42.2 Å². The molecule has 5 unspecified atom stereocenters. The third kappa shape index (κ3) is 5.16. The first kappa shape index (κ1) is 28.8. The van der Waals surface area contributed by atoms with Crippen molar-refractivity contribution >= 4 is 35.0 Å². The number of aliphatic hydroxyl groups is 2. The summed E-state index contributed by atoms with van der Waals surface area (Å²) in [5, 5.41) is 31.8. The van der Waals surface area contributed by atoms with E-state index in [-0.39, 0.29) is 40.6 Å². The van der Waals surface area contributed by atoms with Crippen molar-refractivity contribution in [3.8, 4) is 6.07 Å². The predicted octanol–water partition coefficient (Wildman–Crippen LogP) is 3.69. The fourth-order valence-electron chi connectivity index (χ4n) is 5.14. The number of nitrogens with zero attached hydrogens (tertiary/aromatic N) is 2. The van der Waals surface area contributed by atoms with Crippen LogP contribution in [0.3, 0.4) is 0 Å². The van der Waals surface area contributed by atoms with Gasteiger partial charge in [0.05, 0.1) is 29.8 Å². The second kappa shape index (κ2) is 11.7. The molecular formula is C26H27Cl2F2N3O4.